The summed E-state index contributed by atoms with van der Waals surface area (Å²) in [5.41, 5.74) is 0.362. The first kappa shape index (κ1) is 11.5. The third-order valence-electron chi connectivity index (χ3n) is 1.63. The summed E-state index contributed by atoms with van der Waals surface area (Å²) in [6, 6.07) is 2.94. The summed E-state index contributed by atoms with van der Waals surface area (Å²) in [4.78, 5) is 11.1. The third kappa shape index (κ3) is 2.72. The van der Waals surface area contributed by atoms with Gasteiger partial charge in [-0.3, -0.25) is 0 Å². The highest BCUT2D eigenvalue weighted by atomic mass is 79.9. The number of rotatable bonds is 2. The van der Waals surface area contributed by atoms with Crippen LogP contribution in [0.3, 0.4) is 0 Å². The minimum Gasteiger partial charge on any atom is -0.496 e. The summed E-state index contributed by atoms with van der Waals surface area (Å²) in [6.45, 7) is 1.82. The first-order valence-corrected chi connectivity index (χ1v) is 5.34. The lowest BCUT2D eigenvalue weighted by atomic mass is 10.2. The average Bonchev–Trinajstić information content (AvgIpc) is 2.15. The van der Waals surface area contributed by atoms with E-state index in [0.29, 0.717) is 11.5 Å². The SMILES string of the molecule is COc1cc(C(C)=C(Br)Br)oc(=O)c1. The van der Waals surface area contributed by atoms with Gasteiger partial charge in [-0.15, -0.1) is 0 Å². The summed E-state index contributed by atoms with van der Waals surface area (Å²) in [6.07, 6.45) is 0. The van der Waals surface area contributed by atoms with Gasteiger partial charge in [-0.2, -0.15) is 0 Å². The molecule has 0 aliphatic carbocycles. The molecule has 1 aromatic rings. The Labute approximate surface area is 98.0 Å². The Morgan fingerprint density at radius 2 is 2.07 bits per heavy atom. The molecule has 0 aliphatic rings. The van der Waals surface area contributed by atoms with Gasteiger partial charge in [0.1, 0.15) is 11.5 Å². The smallest absolute Gasteiger partial charge is 0.339 e. The van der Waals surface area contributed by atoms with Crippen molar-refractivity contribution in [2.75, 3.05) is 7.11 Å². The zero-order valence-corrected chi connectivity index (χ0v) is 10.8. The van der Waals surface area contributed by atoms with E-state index in [9.17, 15) is 4.79 Å². The number of halogens is 2. The molecule has 3 nitrogen and oxygen atoms in total. The monoisotopic (exact) mass is 322 g/mol. The highest BCUT2D eigenvalue weighted by molar-refractivity contribution is 9.28. The molecule has 14 heavy (non-hydrogen) atoms. The maximum Gasteiger partial charge on any atom is 0.339 e. The third-order valence-corrected chi connectivity index (χ3v) is 2.82. The summed E-state index contributed by atoms with van der Waals surface area (Å²) in [7, 11) is 1.50. The van der Waals surface area contributed by atoms with Gasteiger partial charge < -0.3 is 9.15 Å². The highest BCUT2D eigenvalue weighted by Gasteiger charge is 2.06. The standard InChI is InChI=1S/C9H8Br2O3/c1-5(9(10)11)7-3-6(13-2)4-8(12)14-7/h3-4H,1-2H3. The largest absolute Gasteiger partial charge is 0.496 e. The molecule has 0 saturated heterocycles. The molecule has 0 atom stereocenters. The van der Waals surface area contributed by atoms with Crippen molar-refractivity contribution in [1.82, 2.24) is 0 Å². The lowest BCUT2D eigenvalue weighted by Crippen LogP contribution is -2.00. The van der Waals surface area contributed by atoms with Crippen LogP contribution in [0, 0.1) is 0 Å². The highest BCUT2D eigenvalue weighted by Crippen LogP contribution is 2.27. The Hall–Kier alpha value is -0.550. The van der Waals surface area contributed by atoms with E-state index < -0.39 is 5.63 Å². The molecular formula is C9H8Br2O3. The van der Waals surface area contributed by atoms with Crippen LogP contribution in [0.2, 0.25) is 0 Å². The van der Waals surface area contributed by atoms with Crippen molar-refractivity contribution in [1.29, 1.82) is 0 Å². The molecule has 1 heterocycles. The van der Waals surface area contributed by atoms with Gasteiger partial charge >= 0.3 is 5.63 Å². The number of allylic oxidation sites excluding steroid dienone is 1. The van der Waals surface area contributed by atoms with Gasteiger partial charge in [-0.1, -0.05) is 0 Å². The van der Waals surface area contributed by atoms with Crippen molar-refractivity contribution in [2.45, 2.75) is 6.92 Å². The Morgan fingerprint density at radius 1 is 1.43 bits per heavy atom. The summed E-state index contributed by atoms with van der Waals surface area (Å²) in [5.74, 6) is 0.954. The van der Waals surface area contributed by atoms with Crippen LogP contribution in [0.1, 0.15) is 12.7 Å². The molecule has 76 valence electrons. The average molecular weight is 324 g/mol. The van der Waals surface area contributed by atoms with Crippen LogP contribution in [0.15, 0.2) is 24.7 Å². The normalized spacial score (nSPS) is 9.71. The molecule has 0 unspecified atom stereocenters. The predicted octanol–water partition coefficient (Wildman–Crippen LogP) is 3.13. The predicted molar refractivity (Wildman–Crippen MR) is 62.0 cm³/mol. The second-order valence-corrected chi connectivity index (χ2v) is 5.22. The Kier molecular flexibility index (Phi) is 3.95. The molecule has 5 heteroatoms. The summed E-state index contributed by atoms with van der Waals surface area (Å²) >= 11 is 6.48. The van der Waals surface area contributed by atoms with Crippen molar-refractivity contribution < 1.29 is 9.15 Å². The molecule has 1 rings (SSSR count). The zero-order valence-electron chi connectivity index (χ0n) is 7.64. The van der Waals surface area contributed by atoms with E-state index in [-0.39, 0.29) is 0 Å². The van der Waals surface area contributed by atoms with Crippen molar-refractivity contribution in [2.24, 2.45) is 0 Å². The Balaban J connectivity index is 3.30. The first-order valence-electron chi connectivity index (χ1n) is 3.76. The molecule has 0 bridgehead atoms. The second kappa shape index (κ2) is 4.79. The number of hydrogen-bond acceptors (Lipinski definition) is 3. The van der Waals surface area contributed by atoms with E-state index in [1.165, 1.54) is 13.2 Å². The first-order chi connectivity index (χ1) is 6.54. The molecule has 0 saturated carbocycles. The fourth-order valence-electron chi connectivity index (χ4n) is 0.850. The Bertz CT molecular complexity index is 416. The minimum absolute atomic E-state index is 0.431. The van der Waals surface area contributed by atoms with Gasteiger partial charge in [0.25, 0.3) is 0 Å². The molecule has 0 fully saturated rings. The van der Waals surface area contributed by atoms with Crippen LogP contribution < -0.4 is 10.4 Å². The van der Waals surface area contributed by atoms with Gasteiger partial charge in [0, 0.05) is 11.6 Å². The molecule has 0 aromatic carbocycles. The minimum atomic E-state index is -0.431. The van der Waals surface area contributed by atoms with Crippen LogP contribution in [-0.4, -0.2) is 7.11 Å². The molecule has 1 aromatic heterocycles. The van der Waals surface area contributed by atoms with Crippen LogP contribution >= 0.6 is 31.9 Å². The topological polar surface area (TPSA) is 39.4 Å². The van der Waals surface area contributed by atoms with Crippen LogP contribution in [-0.2, 0) is 0 Å². The second-order valence-electron chi connectivity index (χ2n) is 2.57. The lowest BCUT2D eigenvalue weighted by Gasteiger charge is -2.02. The van der Waals surface area contributed by atoms with Gasteiger partial charge in [-0.25, -0.2) is 4.79 Å². The van der Waals surface area contributed by atoms with Gasteiger partial charge in [0.2, 0.25) is 0 Å². The van der Waals surface area contributed by atoms with E-state index in [0.717, 1.165) is 8.96 Å². The summed E-state index contributed by atoms with van der Waals surface area (Å²) < 4.78 is 10.7. The van der Waals surface area contributed by atoms with Crippen molar-refractivity contribution in [3.05, 3.63) is 31.7 Å². The van der Waals surface area contributed by atoms with Gasteiger partial charge in [0.15, 0.2) is 0 Å². The molecular weight excluding hydrogens is 316 g/mol. The molecule has 0 spiro atoms. The Morgan fingerprint density at radius 3 is 2.57 bits per heavy atom. The van der Waals surface area contributed by atoms with E-state index >= 15 is 0 Å². The molecule has 0 N–H and O–H groups in total. The fraction of sp³-hybridized carbons (Fsp3) is 0.222. The molecule has 0 aliphatic heterocycles. The van der Waals surface area contributed by atoms with Crippen LogP contribution in [0.5, 0.6) is 5.75 Å². The van der Waals surface area contributed by atoms with E-state index in [4.69, 9.17) is 9.15 Å². The number of hydrogen-bond donors (Lipinski definition) is 0. The van der Waals surface area contributed by atoms with Crippen molar-refractivity contribution >= 4 is 37.4 Å². The van der Waals surface area contributed by atoms with Crippen LogP contribution in [0.25, 0.3) is 5.57 Å². The lowest BCUT2D eigenvalue weighted by molar-refractivity contribution is 0.400. The van der Waals surface area contributed by atoms with Crippen LogP contribution in [0.4, 0.5) is 0 Å². The van der Waals surface area contributed by atoms with Crippen molar-refractivity contribution in [3.8, 4) is 5.75 Å². The van der Waals surface area contributed by atoms with E-state index in [2.05, 4.69) is 31.9 Å². The zero-order chi connectivity index (χ0) is 10.7. The van der Waals surface area contributed by atoms with E-state index in [1.807, 2.05) is 6.92 Å². The van der Waals surface area contributed by atoms with Gasteiger partial charge in [-0.05, 0) is 38.8 Å². The van der Waals surface area contributed by atoms with Gasteiger partial charge in [0.05, 0.1) is 16.6 Å². The molecule has 0 amide bonds. The summed E-state index contributed by atoms with van der Waals surface area (Å²) in [5, 5.41) is 0. The number of ether oxygens (including phenoxy) is 1. The maximum absolute atomic E-state index is 11.1. The fourth-order valence-corrected chi connectivity index (χ4v) is 1.24. The molecule has 0 radical (unpaired) electrons. The van der Waals surface area contributed by atoms with E-state index in [1.54, 1.807) is 6.07 Å². The van der Waals surface area contributed by atoms with Crippen molar-refractivity contribution in [3.63, 3.8) is 0 Å². The maximum atomic E-state index is 11.1. The quantitative estimate of drug-likeness (QED) is 0.839. The number of methoxy groups -OCH3 is 1.